The average molecular weight is 342 g/mol. The number of halogens is 2. The Morgan fingerprint density at radius 3 is 2.65 bits per heavy atom. The van der Waals surface area contributed by atoms with Gasteiger partial charge in [0.05, 0.1) is 15.9 Å². The van der Waals surface area contributed by atoms with Gasteiger partial charge in [-0.25, -0.2) is 4.39 Å². The highest BCUT2D eigenvalue weighted by molar-refractivity contribution is 9.10. The lowest BCUT2D eigenvalue weighted by Gasteiger charge is -2.33. The van der Waals surface area contributed by atoms with Gasteiger partial charge >= 0.3 is 0 Å². The van der Waals surface area contributed by atoms with E-state index in [0.29, 0.717) is 19.4 Å². The molecule has 3 nitrogen and oxygen atoms in total. The van der Waals surface area contributed by atoms with Crippen LogP contribution in [-0.4, -0.2) is 22.6 Å². The fourth-order valence-corrected chi connectivity index (χ4v) is 2.72. The molecular weight excluding hydrogens is 325 g/mol. The van der Waals surface area contributed by atoms with Crippen molar-refractivity contribution in [2.45, 2.75) is 31.0 Å². The highest BCUT2D eigenvalue weighted by atomic mass is 79.9. The molecule has 1 aromatic carbocycles. The molecule has 1 amide bonds. The molecular formula is C15H17BrFNO2. The third kappa shape index (κ3) is 2.92. The minimum absolute atomic E-state index is 0.150. The number of ketones is 1. The lowest BCUT2D eigenvalue weighted by Crippen LogP contribution is -2.48. The van der Waals surface area contributed by atoms with Gasteiger partial charge in [0, 0.05) is 6.54 Å². The summed E-state index contributed by atoms with van der Waals surface area (Å²) in [6, 6.07) is 6.16. The highest BCUT2D eigenvalue weighted by Crippen LogP contribution is 2.31. The van der Waals surface area contributed by atoms with Gasteiger partial charge in [-0.2, -0.15) is 0 Å². The van der Waals surface area contributed by atoms with Crippen LogP contribution < -0.4 is 4.90 Å². The normalized spacial score (nSPS) is 20.1. The van der Waals surface area contributed by atoms with Crippen molar-refractivity contribution in [1.82, 2.24) is 0 Å². The Bertz CT molecular complexity index is 539. The quantitative estimate of drug-likeness (QED) is 0.624. The number of hydrogen-bond acceptors (Lipinski definition) is 2. The molecule has 1 atom stereocenters. The molecule has 1 aromatic rings. The summed E-state index contributed by atoms with van der Waals surface area (Å²) >= 11 is 3.30. The molecule has 0 unspecified atom stereocenters. The first-order chi connectivity index (χ1) is 9.32. The third-order valence-electron chi connectivity index (χ3n) is 3.48. The van der Waals surface area contributed by atoms with Crippen molar-refractivity contribution in [2.24, 2.45) is 5.92 Å². The zero-order valence-electron chi connectivity index (χ0n) is 11.5. The van der Waals surface area contributed by atoms with Gasteiger partial charge < -0.3 is 4.90 Å². The summed E-state index contributed by atoms with van der Waals surface area (Å²) in [5, 5.41) is 0. The van der Waals surface area contributed by atoms with E-state index in [2.05, 4.69) is 15.9 Å². The van der Waals surface area contributed by atoms with Gasteiger partial charge in [0.15, 0.2) is 5.78 Å². The molecule has 0 saturated carbocycles. The zero-order chi connectivity index (χ0) is 14.9. The number of carbonyl (C=O) groups is 2. The highest BCUT2D eigenvalue weighted by Gasteiger charge is 2.40. The van der Waals surface area contributed by atoms with Crippen LogP contribution in [0.15, 0.2) is 24.3 Å². The Morgan fingerprint density at radius 2 is 2.05 bits per heavy atom. The van der Waals surface area contributed by atoms with Crippen LogP contribution in [0.1, 0.15) is 26.7 Å². The topological polar surface area (TPSA) is 37.4 Å². The maximum atomic E-state index is 13.8. The molecule has 2 rings (SSSR count). The van der Waals surface area contributed by atoms with E-state index >= 15 is 0 Å². The first-order valence-corrected chi connectivity index (χ1v) is 7.41. The van der Waals surface area contributed by atoms with E-state index < -0.39 is 16.1 Å². The van der Waals surface area contributed by atoms with Crippen LogP contribution in [0.2, 0.25) is 0 Å². The van der Waals surface area contributed by atoms with Crippen molar-refractivity contribution in [3.05, 3.63) is 30.1 Å². The van der Waals surface area contributed by atoms with Crippen LogP contribution >= 0.6 is 15.9 Å². The summed E-state index contributed by atoms with van der Waals surface area (Å²) in [4.78, 5) is 26.2. The number of alkyl halides is 1. The number of rotatable bonds is 3. The minimum Gasteiger partial charge on any atom is -0.309 e. The third-order valence-corrected chi connectivity index (χ3v) is 3.88. The van der Waals surface area contributed by atoms with Crippen LogP contribution in [0, 0.1) is 11.7 Å². The number of Topliss-reactive ketones (excluding diaryl/α,β-unsaturated/α-hetero) is 1. The molecule has 0 aromatic heterocycles. The zero-order valence-corrected chi connectivity index (χ0v) is 13.1. The molecule has 0 N–H and O–H groups in total. The summed E-state index contributed by atoms with van der Waals surface area (Å²) in [6.45, 7) is 3.90. The first-order valence-electron chi connectivity index (χ1n) is 6.61. The van der Waals surface area contributed by atoms with Crippen molar-refractivity contribution in [2.75, 3.05) is 11.4 Å². The molecule has 1 saturated heterocycles. The first kappa shape index (κ1) is 15.2. The summed E-state index contributed by atoms with van der Waals surface area (Å²) in [5.41, 5.74) is 0.252. The van der Waals surface area contributed by atoms with Crippen molar-refractivity contribution < 1.29 is 14.0 Å². The number of para-hydroxylation sites is 1. The molecule has 0 aliphatic carbocycles. The summed E-state index contributed by atoms with van der Waals surface area (Å²) in [5.74, 6) is -1.59. The van der Waals surface area contributed by atoms with Gasteiger partial charge in [0.1, 0.15) is 5.82 Å². The van der Waals surface area contributed by atoms with Gasteiger partial charge in [-0.05, 0) is 38.8 Å². The second-order valence-corrected chi connectivity index (χ2v) is 7.46. The number of nitrogens with zero attached hydrogens (tertiary/aromatic N) is 1. The van der Waals surface area contributed by atoms with E-state index in [1.54, 1.807) is 32.0 Å². The molecule has 108 valence electrons. The molecule has 1 fully saturated rings. The number of amides is 1. The van der Waals surface area contributed by atoms with Crippen molar-refractivity contribution in [1.29, 1.82) is 0 Å². The van der Waals surface area contributed by atoms with Gasteiger partial charge in [-0.3, -0.25) is 9.59 Å². The van der Waals surface area contributed by atoms with Gasteiger partial charge in [0.25, 0.3) is 0 Å². The van der Waals surface area contributed by atoms with Crippen molar-refractivity contribution in [3.63, 3.8) is 0 Å². The van der Waals surface area contributed by atoms with E-state index in [4.69, 9.17) is 0 Å². The van der Waals surface area contributed by atoms with Crippen LogP contribution in [0.3, 0.4) is 0 Å². The fourth-order valence-electron chi connectivity index (χ4n) is 2.44. The number of piperidine rings is 1. The number of anilines is 1. The number of hydrogen-bond donors (Lipinski definition) is 0. The van der Waals surface area contributed by atoms with Crippen molar-refractivity contribution in [3.8, 4) is 0 Å². The Morgan fingerprint density at radius 1 is 1.40 bits per heavy atom. The number of benzene rings is 1. The molecule has 20 heavy (non-hydrogen) atoms. The van der Waals surface area contributed by atoms with E-state index in [0.717, 1.165) is 0 Å². The van der Waals surface area contributed by atoms with E-state index in [1.165, 1.54) is 11.0 Å². The smallest absolute Gasteiger partial charge is 0.237 e. The maximum Gasteiger partial charge on any atom is 0.237 e. The van der Waals surface area contributed by atoms with Crippen LogP contribution in [0.5, 0.6) is 0 Å². The second kappa shape index (κ2) is 5.64. The van der Waals surface area contributed by atoms with Crippen LogP contribution in [0.25, 0.3) is 0 Å². The SMILES string of the molecule is CC(C)(Br)C(=O)[C@@H]1CCCN(c2ccccc2F)C1=O. The lowest BCUT2D eigenvalue weighted by molar-refractivity contribution is -0.134. The van der Waals surface area contributed by atoms with Gasteiger partial charge in [-0.1, -0.05) is 28.1 Å². The molecule has 1 aliphatic heterocycles. The Kier molecular flexibility index (Phi) is 4.28. The monoisotopic (exact) mass is 341 g/mol. The average Bonchev–Trinajstić information content (AvgIpc) is 2.38. The van der Waals surface area contributed by atoms with Gasteiger partial charge in [-0.15, -0.1) is 0 Å². The summed E-state index contributed by atoms with van der Waals surface area (Å²) < 4.78 is 13.1. The second-order valence-electron chi connectivity index (χ2n) is 5.47. The maximum absolute atomic E-state index is 13.8. The number of carbonyl (C=O) groups excluding carboxylic acids is 2. The molecule has 1 aliphatic rings. The standard InChI is InChI=1S/C15H17BrFNO2/c1-15(2,16)13(19)10-6-5-9-18(14(10)20)12-8-4-3-7-11(12)17/h3-4,7-8,10H,5-6,9H2,1-2H3/t10-/m0/s1. The predicted octanol–water partition coefficient (Wildman–Crippen LogP) is 3.31. The van der Waals surface area contributed by atoms with E-state index in [-0.39, 0.29) is 17.4 Å². The summed E-state index contributed by atoms with van der Waals surface area (Å²) in [7, 11) is 0. The van der Waals surface area contributed by atoms with E-state index in [9.17, 15) is 14.0 Å². The Hall–Kier alpha value is -1.23. The largest absolute Gasteiger partial charge is 0.309 e. The Labute approximate surface area is 126 Å². The molecule has 1 heterocycles. The van der Waals surface area contributed by atoms with Crippen molar-refractivity contribution >= 4 is 33.3 Å². The van der Waals surface area contributed by atoms with Gasteiger partial charge in [0.2, 0.25) is 5.91 Å². The van der Waals surface area contributed by atoms with Crippen LogP contribution in [-0.2, 0) is 9.59 Å². The predicted molar refractivity (Wildman–Crippen MR) is 79.5 cm³/mol. The lowest BCUT2D eigenvalue weighted by atomic mass is 9.87. The summed E-state index contributed by atoms with van der Waals surface area (Å²) in [6.07, 6.45) is 1.22. The minimum atomic E-state index is -0.744. The molecule has 0 bridgehead atoms. The molecule has 0 spiro atoms. The van der Waals surface area contributed by atoms with Crippen LogP contribution in [0.4, 0.5) is 10.1 Å². The van der Waals surface area contributed by atoms with E-state index in [1.807, 2.05) is 0 Å². The molecule has 5 heteroatoms. The molecule has 0 radical (unpaired) electrons. The Balaban J connectivity index is 2.28. The fraction of sp³-hybridized carbons (Fsp3) is 0.467.